The predicted octanol–water partition coefficient (Wildman–Crippen LogP) is 2.76. The summed E-state index contributed by atoms with van der Waals surface area (Å²) in [7, 11) is 1.98. The highest BCUT2D eigenvalue weighted by atomic mass is 16.5. The molecule has 2 heterocycles. The van der Waals surface area contributed by atoms with E-state index in [1.54, 1.807) is 0 Å². The van der Waals surface area contributed by atoms with Crippen LogP contribution in [0.4, 0.5) is 0 Å². The molecular formula is C17H19N3O. The molecule has 2 aromatic rings. The molecule has 1 aromatic heterocycles. The van der Waals surface area contributed by atoms with Crippen molar-refractivity contribution in [3.05, 3.63) is 41.6 Å². The SMILES string of the molecule is CC1=NC2(CCc3ccc(-c4ccnn4C)cc3C2)CO1. The minimum absolute atomic E-state index is 0.0256. The third-order valence-corrected chi connectivity index (χ3v) is 4.65. The maximum absolute atomic E-state index is 5.62. The van der Waals surface area contributed by atoms with Crippen LogP contribution in [0.1, 0.15) is 24.5 Å². The molecule has 0 N–H and O–H groups in total. The van der Waals surface area contributed by atoms with Crippen molar-refractivity contribution < 1.29 is 4.74 Å². The van der Waals surface area contributed by atoms with Crippen LogP contribution in [-0.2, 0) is 24.6 Å². The van der Waals surface area contributed by atoms with E-state index in [-0.39, 0.29) is 5.54 Å². The Bertz CT molecular complexity index is 731. The van der Waals surface area contributed by atoms with Gasteiger partial charge in [-0.25, -0.2) is 4.99 Å². The second kappa shape index (κ2) is 4.45. The molecule has 0 fully saturated rings. The van der Waals surface area contributed by atoms with E-state index in [2.05, 4.69) is 29.4 Å². The maximum Gasteiger partial charge on any atom is 0.180 e. The zero-order valence-electron chi connectivity index (χ0n) is 12.5. The smallest absolute Gasteiger partial charge is 0.180 e. The largest absolute Gasteiger partial charge is 0.479 e. The van der Waals surface area contributed by atoms with Crippen LogP contribution >= 0.6 is 0 Å². The maximum atomic E-state index is 5.62. The minimum Gasteiger partial charge on any atom is -0.479 e. The van der Waals surface area contributed by atoms with Gasteiger partial charge in [-0.2, -0.15) is 5.10 Å². The monoisotopic (exact) mass is 281 g/mol. The molecule has 0 saturated heterocycles. The van der Waals surface area contributed by atoms with E-state index < -0.39 is 0 Å². The minimum atomic E-state index is -0.0256. The van der Waals surface area contributed by atoms with E-state index in [4.69, 9.17) is 9.73 Å². The molecule has 1 atom stereocenters. The first kappa shape index (κ1) is 12.6. The van der Waals surface area contributed by atoms with Gasteiger partial charge in [0, 0.05) is 32.2 Å². The average molecular weight is 281 g/mol. The van der Waals surface area contributed by atoms with Crippen molar-refractivity contribution >= 4 is 5.90 Å². The molecule has 1 aliphatic carbocycles. The average Bonchev–Trinajstić information content (AvgIpc) is 3.05. The zero-order valence-corrected chi connectivity index (χ0v) is 12.5. The molecule has 4 heteroatoms. The second-order valence-electron chi connectivity index (χ2n) is 6.14. The van der Waals surface area contributed by atoms with Crippen molar-refractivity contribution in [2.24, 2.45) is 12.0 Å². The Morgan fingerprint density at radius 1 is 1.24 bits per heavy atom. The number of rotatable bonds is 1. The van der Waals surface area contributed by atoms with Crippen LogP contribution in [0, 0.1) is 0 Å². The lowest BCUT2D eigenvalue weighted by atomic mass is 9.78. The number of aliphatic imine (C=N–C) groups is 1. The van der Waals surface area contributed by atoms with Gasteiger partial charge in [0.25, 0.3) is 0 Å². The molecule has 108 valence electrons. The van der Waals surface area contributed by atoms with Gasteiger partial charge in [-0.1, -0.05) is 12.1 Å². The fourth-order valence-electron chi connectivity index (χ4n) is 3.52. The Hall–Kier alpha value is -2.10. The molecule has 0 amide bonds. The van der Waals surface area contributed by atoms with E-state index in [1.165, 1.54) is 16.7 Å². The predicted molar refractivity (Wildman–Crippen MR) is 82.5 cm³/mol. The third-order valence-electron chi connectivity index (χ3n) is 4.65. The Kier molecular flexibility index (Phi) is 2.67. The highest BCUT2D eigenvalue weighted by molar-refractivity contribution is 5.75. The van der Waals surface area contributed by atoms with Crippen LogP contribution in [0.2, 0.25) is 0 Å². The van der Waals surface area contributed by atoms with Crippen molar-refractivity contribution in [3.8, 4) is 11.3 Å². The summed E-state index contributed by atoms with van der Waals surface area (Å²) >= 11 is 0. The molecule has 21 heavy (non-hydrogen) atoms. The number of ether oxygens (including phenoxy) is 1. The molecule has 1 unspecified atom stereocenters. The van der Waals surface area contributed by atoms with Crippen molar-refractivity contribution in [2.75, 3.05) is 6.61 Å². The molecule has 1 spiro atoms. The Labute approximate surface area is 124 Å². The molecule has 1 aliphatic heterocycles. The summed E-state index contributed by atoms with van der Waals surface area (Å²) in [6.07, 6.45) is 4.99. The molecular weight excluding hydrogens is 262 g/mol. The summed E-state index contributed by atoms with van der Waals surface area (Å²) < 4.78 is 7.54. The number of nitrogens with zero attached hydrogens (tertiary/aromatic N) is 3. The van der Waals surface area contributed by atoms with E-state index in [0.717, 1.165) is 37.5 Å². The summed E-state index contributed by atoms with van der Waals surface area (Å²) in [6.45, 7) is 2.69. The first-order valence-corrected chi connectivity index (χ1v) is 7.45. The molecule has 0 bridgehead atoms. The van der Waals surface area contributed by atoms with Crippen molar-refractivity contribution in [3.63, 3.8) is 0 Å². The number of aromatic nitrogens is 2. The van der Waals surface area contributed by atoms with Gasteiger partial charge in [0.2, 0.25) is 0 Å². The lowest BCUT2D eigenvalue weighted by Gasteiger charge is -2.30. The standard InChI is InChI=1S/C17H19N3O/c1-12-19-17(11-21-12)7-5-13-3-4-14(9-15(13)10-17)16-6-8-18-20(16)2/h3-4,6,8-9H,5,7,10-11H2,1-2H3. The molecule has 1 aromatic carbocycles. The highest BCUT2D eigenvalue weighted by Gasteiger charge is 2.38. The molecule has 4 rings (SSSR count). The van der Waals surface area contributed by atoms with Crippen molar-refractivity contribution in [2.45, 2.75) is 31.7 Å². The Morgan fingerprint density at radius 2 is 2.14 bits per heavy atom. The number of fused-ring (bicyclic) bond motifs is 1. The van der Waals surface area contributed by atoms with Crippen LogP contribution in [0.5, 0.6) is 0 Å². The van der Waals surface area contributed by atoms with Crippen LogP contribution < -0.4 is 0 Å². The van der Waals surface area contributed by atoms with Gasteiger partial charge in [0.05, 0.1) is 5.69 Å². The fourth-order valence-corrected chi connectivity index (χ4v) is 3.52. The van der Waals surface area contributed by atoms with Crippen LogP contribution in [0.3, 0.4) is 0 Å². The van der Waals surface area contributed by atoms with Gasteiger partial charge in [-0.3, -0.25) is 4.68 Å². The molecule has 4 nitrogen and oxygen atoms in total. The topological polar surface area (TPSA) is 39.4 Å². The van der Waals surface area contributed by atoms with E-state index in [1.807, 2.05) is 24.9 Å². The van der Waals surface area contributed by atoms with Crippen molar-refractivity contribution in [1.29, 1.82) is 0 Å². The number of benzene rings is 1. The van der Waals surface area contributed by atoms with Gasteiger partial charge < -0.3 is 4.74 Å². The highest BCUT2D eigenvalue weighted by Crippen LogP contribution is 2.36. The normalized spacial score (nSPS) is 23.8. The van der Waals surface area contributed by atoms with Crippen LogP contribution in [0.25, 0.3) is 11.3 Å². The molecule has 2 aliphatic rings. The molecule has 0 radical (unpaired) electrons. The summed E-state index contributed by atoms with van der Waals surface area (Å²) in [5.41, 5.74) is 5.21. The Balaban J connectivity index is 1.73. The number of hydrogen-bond donors (Lipinski definition) is 0. The van der Waals surface area contributed by atoms with Crippen molar-refractivity contribution in [1.82, 2.24) is 9.78 Å². The summed E-state index contributed by atoms with van der Waals surface area (Å²) in [6, 6.07) is 8.82. The van der Waals surface area contributed by atoms with E-state index in [9.17, 15) is 0 Å². The van der Waals surface area contributed by atoms with Gasteiger partial charge in [0.1, 0.15) is 12.1 Å². The summed E-state index contributed by atoms with van der Waals surface area (Å²) in [4.78, 5) is 4.77. The van der Waals surface area contributed by atoms with Gasteiger partial charge >= 0.3 is 0 Å². The van der Waals surface area contributed by atoms with Gasteiger partial charge in [0.15, 0.2) is 5.90 Å². The number of hydrogen-bond acceptors (Lipinski definition) is 3. The van der Waals surface area contributed by atoms with E-state index >= 15 is 0 Å². The first-order valence-electron chi connectivity index (χ1n) is 7.45. The summed E-state index contributed by atoms with van der Waals surface area (Å²) in [5, 5.41) is 4.26. The second-order valence-corrected chi connectivity index (χ2v) is 6.14. The number of aryl methyl sites for hydroxylation is 2. The lowest BCUT2D eigenvalue weighted by molar-refractivity contribution is 0.236. The van der Waals surface area contributed by atoms with Crippen LogP contribution in [0.15, 0.2) is 35.5 Å². The van der Waals surface area contributed by atoms with Gasteiger partial charge in [-0.15, -0.1) is 0 Å². The Morgan fingerprint density at radius 3 is 2.86 bits per heavy atom. The summed E-state index contributed by atoms with van der Waals surface area (Å²) in [5.74, 6) is 0.834. The molecule has 0 saturated carbocycles. The first-order chi connectivity index (χ1) is 10.2. The lowest BCUT2D eigenvalue weighted by Crippen LogP contribution is -2.35. The zero-order chi connectivity index (χ0) is 14.4. The van der Waals surface area contributed by atoms with Crippen LogP contribution in [-0.4, -0.2) is 27.8 Å². The van der Waals surface area contributed by atoms with E-state index in [0.29, 0.717) is 0 Å². The fraction of sp³-hybridized carbons (Fsp3) is 0.412. The van der Waals surface area contributed by atoms with Gasteiger partial charge in [-0.05, 0) is 36.1 Å². The quantitative estimate of drug-likeness (QED) is 0.806. The third kappa shape index (κ3) is 2.06.